The van der Waals surface area contributed by atoms with Gasteiger partial charge in [0.1, 0.15) is 6.10 Å². The number of Topliss-reactive ketones (excluding diaryl/α,β-unsaturated/α-hetero) is 1. The van der Waals surface area contributed by atoms with Crippen LogP contribution in [-0.2, 0) is 38.1 Å². The Kier molecular flexibility index (Phi) is 12.7. The molecule has 6 atom stereocenters. The molecule has 0 radical (unpaired) electrons. The Bertz CT molecular complexity index is 1230. The summed E-state index contributed by atoms with van der Waals surface area (Å²) in [5, 5.41) is 5.83. The van der Waals surface area contributed by atoms with Crippen LogP contribution in [0, 0.1) is 11.8 Å². The van der Waals surface area contributed by atoms with Crippen molar-refractivity contribution in [2.75, 3.05) is 27.4 Å². The summed E-state index contributed by atoms with van der Waals surface area (Å²) < 4.78 is 23.8. The number of allylic oxidation sites excluding steroid dienone is 4. The van der Waals surface area contributed by atoms with Gasteiger partial charge >= 0.3 is 5.97 Å². The molecular weight excluding hydrogens is 552 g/mol. The van der Waals surface area contributed by atoms with Crippen molar-refractivity contribution in [2.24, 2.45) is 11.8 Å². The van der Waals surface area contributed by atoms with E-state index in [4.69, 9.17) is 18.9 Å². The van der Waals surface area contributed by atoms with Crippen molar-refractivity contribution in [1.29, 1.82) is 0 Å². The fourth-order valence-corrected chi connectivity index (χ4v) is 5.74. The van der Waals surface area contributed by atoms with Crippen molar-refractivity contribution >= 4 is 23.4 Å². The van der Waals surface area contributed by atoms with Crippen LogP contribution in [0.15, 0.2) is 58.5 Å². The number of fused-ring (bicyclic) bond motifs is 5. The molecule has 0 saturated heterocycles. The molecule has 3 aliphatic rings. The first-order chi connectivity index (χ1) is 20.5. The van der Waals surface area contributed by atoms with Crippen molar-refractivity contribution in [3.63, 3.8) is 0 Å². The zero-order chi connectivity index (χ0) is 31.7. The monoisotopic (exact) mass is 598 g/mol. The van der Waals surface area contributed by atoms with Crippen LogP contribution < -0.4 is 10.6 Å². The minimum Gasteiger partial charge on any atom is -0.455 e. The summed E-state index contributed by atoms with van der Waals surface area (Å²) in [6.07, 6.45) is 8.44. The predicted octanol–water partition coefficient (Wildman–Crippen LogP) is 3.64. The summed E-state index contributed by atoms with van der Waals surface area (Å²) in [5.74, 6) is -1.88. The minimum absolute atomic E-state index is 0.0515. The number of carbonyl (C=O) groups excluding carboxylic acids is 4. The average molecular weight is 599 g/mol. The van der Waals surface area contributed by atoms with Gasteiger partial charge in [-0.3, -0.25) is 19.2 Å². The summed E-state index contributed by atoms with van der Waals surface area (Å²) in [4.78, 5) is 52.1. The molecule has 0 unspecified atom stereocenters. The Labute approximate surface area is 254 Å². The van der Waals surface area contributed by atoms with E-state index in [1.165, 1.54) is 20.1 Å². The lowest BCUT2D eigenvalue weighted by Crippen LogP contribution is -2.38. The van der Waals surface area contributed by atoms with Crippen LogP contribution in [0.2, 0.25) is 0 Å². The second-order valence-corrected chi connectivity index (χ2v) is 11.6. The third-order valence-corrected chi connectivity index (χ3v) is 7.99. The molecule has 0 saturated carbocycles. The second kappa shape index (κ2) is 15.9. The first-order valence-corrected chi connectivity index (χ1v) is 14.9. The van der Waals surface area contributed by atoms with E-state index in [2.05, 4.69) is 10.6 Å². The van der Waals surface area contributed by atoms with E-state index in [9.17, 15) is 19.2 Å². The van der Waals surface area contributed by atoms with E-state index in [-0.39, 0.29) is 47.0 Å². The van der Waals surface area contributed by atoms with Gasteiger partial charge in [0.15, 0.2) is 6.10 Å². The van der Waals surface area contributed by atoms with Crippen molar-refractivity contribution in [1.82, 2.24) is 10.6 Å². The van der Waals surface area contributed by atoms with Gasteiger partial charge in [0.25, 0.3) is 5.91 Å². The third kappa shape index (κ3) is 9.08. The molecule has 2 N–H and O–H groups in total. The molecule has 3 bridgehead atoms. The Morgan fingerprint density at radius 1 is 1.07 bits per heavy atom. The van der Waals surface area contributed by atoms with E-state index in [1.807, 2.05) is 26.8 Å². The van der Waals surface area contributed by atoms with Crippen LogP contribution in [0.3, 0.4) is 0 Å². The molecule has 2 heterocycles. The first-order valence-electron chi connectivity index (χ1n) is 14.9. The summed E-state index contributed by atoms with van der Waals surface area (Å²) in [5.41, 5.74) is 1.69. The van der Waals surface area contributed by atoms with E-state index in [0.29, 0.717) is 37.1 Å². The van der Waals surface area contributed by atoms with E-state index >= 15 is 0 Å². The number of carbonyl (C=O) groups is 4. The molecule has 0 aromatic heterocycles. The summed E-state index contributed by atoms with van der Waals surface area (Å²) >= 11 is 0. The van der Waals surface area contributed by atoms with Crippen LogP contribution in [0.5, 0.6) is 0 Å². The van der Waals surface area contributed by atoms with Gasteiger partial charge in [-0.25, -0.2) is 0 Å². The molecule has 3 rings (SSSR count). The number of hydrogen-bond acceptors (Lipinski definition) is 9. The van der Waals surface area contributed by atoms with Crippen molar-refractivity contribution in [3.05, 3.63) is 58.5 Å². The zero-order valence-electron chi connectivity index (χ0n) is 26.4. The number of ether oxygens (including phenoxy) is 4. The Morgan fingerprint density at radius 2 is 1.81 bits per heavy atom. The highest BCUT2D eigenvalue weighted by molar-refractivity contribution is 6.23. The SMILES string of the molecule is CO[C@H]1/C=C\C=C(/C)C(=O)NC2=CC(=O)C3=C(C[C@@H](C)C[C@H](OC)[C@H](OCCCCN3)[C@@H](C)/C=C(\C)[C@@H]1OC(C)=O)C2=O. The van der Waals surface area contributed by atoms with Crippen molar-refractivity contribution in [2.45, 2.75) is 84.7 Å². The van der Waals surface area contributed by atoms with Crippen LogP contribution in [-0.4, -0.2) is 75.2 Å². The number of nitrogens with one attached hydrogen (secondary N) is 2. The van der Waals surface area contributed by atoms with Gasteiger partial charge in [-0.2, -0.15) is 0 Å². The molecule has 236 valence electrons. The van der Waals surface area contributed by atoms with E-state index in [0.717, 1.165) is 18.4 Å². The lowest BCUT2D eigenvalue weighted by atomic mass is 9.85. The number of ketones is 2. The zero-order valence-corrected chi connectivity index (χ0v) is 26.4. The Hall–Kier alpha value is -3.34. The fraction of sp³-hybridized carbons (Fsp3) is 0.576. The summed E-state index contributed by atoms with van der Waals surface area (Å²) in [6.45, 7) is 9.87. The van der Waals surface area contributed by atoms with Gasteiger partial charge in [-0.1, -0.05) is 38.2 Å². The summed E-state index contributed by atoms with van der Waals surface area (Å²) in [6, 6.07) is 0. The number of methoxy groups -OCH3 is 2. The lowest BCUT2D eigenvalue weighted by Gasteiger charge is -2.33. The molecule has 2 aliphatic heterocycles. The molecule has 0 spiro atoms. The van der Waals surface area contributed by atoms with Gasteiger partial charge < -0.3 is 29.6 Å². The van der Waals surface area contributed by atoms with Gasteiger partial charge in [0.2, 0.25) is 11.6 Å². The molecule has 0 fully saturated rings. The van der Waals surface area contributed by atoms with Gasteiger partial charge in [0.05, 0.1) is 23.6 Å². The highest BCUT2D eigenvalue weighted by Crippen LogP contribution is 2.30. The van der Waals surface area contributed by atoms with E-state index in [1.54, 1.807) is 32.3 Å². The lowest BCUT2D eigenvalue weighted by molar-refractivity contribution is -0.149. The normalized spacial score (nSPS) is 33.3. The van der Waals surface area contributed by atoms with Crippen molar-refractivity contribution < 1.29 is 38.1 Å². The minimum atomic E-state index is -0.718. The predicted molar refractivity (Wildman–Crippen MR) is 162 cm³/mol. The molecule has 10 heteroatoms. The third-order valence-electron chi connectivity index (χ3n) is 7.99. The molecule has 0 aromatic carbocycles. The Balaban J connectivity index is 2.16. The average Bonchev–Trinajstić information content (AvgIpc) is 2.96. The maximum atomic E-state index is 13.7. The van der Waals surface area contributed by atoms with Gasteiger partial charge in [-0.05, 0) is 51.0 Å². The second-order valence-electron chi connectivity index (χ2n) is 11.6. The van der Waals surface area contributed by atoms with Crippen molar-refractivity contribution in [3.8, 4) is 0 Å². The maximum Gasteiger partial charge on any atom is 0.303 e. The quantitative estimate of drug-likeness (QED) is 0.284. The van der Waals surface area contributed by atoms with Crippen LogP contribution in [0.1, 0.15) is 60.3 Å². The summed E-state index contributed by atoms with van der Waals surface area (Å²) in [7, 11) is 3.16. The van der Waals surface area contributed by atoms with Crippen LogP contribution in [0.4, 0.5) is 0 Å². The van der Waals surface area contributed by atoms with Crippen LogP contribution in [0.25, 0.3) is 0 Å². The number of amides is 1. The van der Waals surface area contributed by atoms with Gasteiger partial charge in [0, 0.05) is 57.4 Å². The molecule has 10 nitrogen and oxygen atoms in total. The first kappa shape index (κ1) is 34.2. The Morgan fingerprint density at radius 3 is 2.49 bits per heavy atom. The molecule has 1 aliphatic carbocycles. The fourth-order valence-electron chi connectivity index (χ4n) is 5.74. The standard InChI is InChI=1S/C33H46N2O8/c1-19-15-24-29-26(37)18-25(30(24)38)35-33(39)20(2)11-10-12-27(40-6)32(43-23(5)36)22(4)17-21(3)31(28(16-19)41-7)42-14-9-8-13-34-29/h10-12,17-19,21,27-28,31-32,34H,8-9,13-16H2,1-7H3,(H,35,39)/b12-10-,20-11+,22-17+/t19-,21+,27+,28+,31-,32+/m1/s1. The number of hydrogen-bond donors (Lipinski definition) is 2. The molecule has 1 amide bonds. The van der Waals surface area contributed by atoms with Crippen LogP contribution >= 0.6 is 0 Å². The smallest absolute Gasteiger partial charge is 0.303 e. The number of rotatable bonds is 3. The highest BCUT2D eigenvalue weighted by Gasteiger charge is 2.34. The molecule has 0 aromatic rings. The van der Waals surface area contributed by atoms with Gasteiger partial charge in [-0.15, -0.1) is 0 Å². The molecular formula is C33H46N2O8. The molecule has 43 heavy (non-hydrogen) atoms. The number of esters is 1. The largest absolute Gasteiger partial charge is 0.455 e. The maximum absolute atomic E-state index is 13.7. The van der Waals surface area contributed by atoms with E-state index < -0.39 is 24.1 Å². The highest BCUT2D eigenvalue weighted by atomic mass is 16.6. The topological polar surface area (TPSA) is 129 Å².